The third kappa shape index (κ3) is 5.23. The number of nitrogens with one attached hydrogen (secondary N) is 1. The van der Waals surface area contributed by atoms with Crippen LogP contribution in [0.15, 0.2) is 22.7 Å². The van der Waals surface area contributed by atoms with Gasteiger partial charge < -0.3 is 5.32 Å². The fourth-order valence-electron chi connectivity index (χ4n) is 2.16. The van der Waals surface area contributed by atoms with Crippen LogP contribution >= 0.6 is 15.9 Å². The Hall–Kier alpha value is -0.410. The lowest BCUT2D eigenvalue weighted by atomic mass is 9.86. The minimum atomic E-state index is -0.117. The van der Waals surface area contributed by atoms with Gasteiger partial charge in [0.15, 0.2) is 0 Å². The smallest absolute Gasteiger partial charge is 0.127 e. The molecule has 0 aliphatic carbocycles. The highest BCUT2D eigenvalue weighted by Crippen LogP contribution is 2.21. The van der Waals surface area contributed by atoms with Crippen molar-refractivity contribution in [1.29, 1.82) is 0 Å². The van der Waals surface area contributed by atoms with Crippen molar-refractivity contribution in [1.82, 2.24) is 5.32 Å². The quantitative estimate of drug-likeness (QED) is 0.758. The third-order valence-electron chi connectivity index (χ3n) is 3.80. The first-order valence-electron chi connectivity index (χ1n) is 7.13. The lowest BCUT2D eigenvalue weighted by Crippen LogP contribution is -2.39. The van der Waals surface area contributed by atoms with Gasteiger partial charge in [-0.05, 0) is 48.9 Å². The van der Waals surface area contributed by atoms with Gasteiger partial charge in [0.2, 0.25) is 0 Å². The molecule has 0 bridgehead atoms. The molecule has 2 atom stereocenters. The van der Waals surface area contributed by atoms with Gasteiger partial charge in [0, 0.05) is 10.5 Å². The molecular weight excluding hydrogens is 305 g/mol. The Kier molecular flexibility index (Phi) is 7.01. The molecule has 0 spiro atoms. The molecule has 0 amide bonds. The summed E-state index contributed by atoms with van der Waals surface area (Å²) in [6.45, 7) is 9.84. The summed E-state index contributed by atoms with van der Waals surface area (Å²) in [5.41, 5.74) is 0.796. The van der Waals surface area contributed by atoms with Crippen molar-refractivity contribution in [2.45, 2.75) is 46.6 Å². The Balaban J connectivity index is 2.81. The van der Waals surface area contributed by atoms with Crippen LogP contribution in [0.5, 0.6) is 0 Å². The molecule has 0 heterocycles. The highest BCUT2D eigenvalue weighted by Gasteiger charge is 2.21. The zero-order chi connectivity index (χ0) is 14.4. The fourth-order valence-corrected chi connectivity index (χ4v) is 2.50. The first-order chi connectivity index (χ1) is 8.95. The zero-order valence-electron chi connectivity index (χ0n) is 12.3. The number of rotatable bonds is 7. The molecule has 3 heteroatoms. The monoisotopic (exact) mass is 329 g/mol. The molecule has 1 rings (SSSR count). The van der Waals surface area contributed by atoms with E-state index in [9.17, 15) is 4.39 Å². The molecule has 0 saturated heterocycles. The maximum atomic E-state index is 13.9. The van der Waals surface area contributed by atoms with E-state index in [4.69, 9.17) is 0 Å². The molecule has 0 aliphatic heterocycles. The lowest BCUT2D eigenvalue weighted by Gasteiger charge is -2.28. The highest BCUT2D eigenvalue weighted by molar-refractivity contribution is 9.10. The molecule has 0 radical (unpaired) electrons. The molecule has 0 aliphatic rings. The summed E-state index contributed by atoms with van der Waals surface area (Å²) in [5, 5.41) is 3.56. The Morgan fingerprint density at radius 3 is 2.47 bits per heavy atom. The zero-order valence-corrected chi connectivity index (χ0v) is 13.9. The molecule has 1 nitrogen and oxygen atoms in total. The van der Waals surface area contributed by atoms with Gasteiger partial charge in [0.25, 0.3) is 0 Å². The predicted octanol–water partition coefficient (Wildman–Crippen LogP) is 4.79. The molecule has 108 valence electrons. The maximum Gasteiger partial charge on any atom is 0.127 e. The van der Waals surface area contributed by atoms with Crippen LogP contribution in [-0.4, -0.2) is 12.6 Å². The number of benzene rings is 1. The second-order valence-corrected chi connectivity index (χ2v) is 6.52. The Labute approximate surface area is 125 Å². The van der Waals surface area contributed by atoms with E-state index in [-0.39, 0.29) is 5.82 Å². The number of hydrogen-bond acceptors (Lipinski definition) is 1. The molecule has 19 heavy (non-hydrogen) atoms. The van der Waals surface area contributed by atoms with Crippen LogP contribution in [0.2, 0.25) is 0 Å². The van der Waals surface area contributed by atoms with Crippen molar-refractivity contribution in [2.75, 3.05) is 6.54 Å². The van der Waals surface area contributed by atoms with E-state index in [1.165, 1.54) is 0 Å². The van der Waals surface area contributed by atoms with Gasteiger partial charge in [-0.3, -0.25) is 0 Å². The molecule has 0 fully saturated rings. The highest BCUT2D eigenvalue weighted by atomic mass is 79.9. The van der Waals surface area contributed by atoms with Crippen LogP contribution in [0.25, 0.3) is 0 Å². The van der Waals surface area contributed by atoms with Crippen LogP contribution < -0.4 is 5.32 Å². The SMILES string of the molecule is CCCNC(Cc1ccc(Br)cc1F)C(C)C(C)C. The van der Waals surface area contributed by atoms with Gasteiger partial charge in [0.05, 0.1) is 0 Å². The van der Waals surface area contributed by atoms with Gasteiger partial charge in [0.1, 0.15) is 5.82 Å². The predicted molar refractivity (Wildman–Crippen MR) is 83.9 cm³/mol. The topological polar surface area (TPSA) is 12.0 Å². The Morgan fingerprint density at radius 2 is 1.95 bits per heavy atom. The normalized spacial score (nSPS) is 14.7. The maximum absolute atomic E-state index is 13.9. The van der Waals surface area contributed by atoms with E-state index in [0.29, 0.717) is 17.9 Å². The fraction of sp³-hybridized carbons (Fsp3) is 0.625. The van der Waals surface area contributed by atoms with Crippen molar-refractivity contribution in [3.05, 3.63) is 34.1 Å². The molecule has 0 saturated carbocycles. The van der Waals surface area contributed by atoms with Gasteiger partial charge in [-0.25, -0.2) is 4.39 Å². The largest absolute Gasteiger partial charge is 0.313 e. The average Bonchev–Trinajstić information content (AvgIpc) is 2.36. The molecule has 0 aromatic heterocycles. The minimum absolute atomic E-state index is 0.117. The molecular formula is C16H25BrFN. The summed E-state index contributed by atoms with van der Waals surface area (Å²) in [5.74, 6) is 0.996. The van der Waals surface area contributed by atoms with Gasteiger partial charge >= 0.3 is 0 Å². The van der Waals surface area contributed by atoms with Crippen LogP contribution in [-0.2, 0) is 6.42 Å². The van der Waals surface area contributed by atoms with Crippen LogP contribution in [0.1, 0.15) is 39.7 Å². The van der Waals surface area contributed by atoms with Gasteiger partial charge in [-0.2, -0.15) is 0 Å². The van der Waals surface area contributed by atoms with E-state index in [1.807, 2.05) is 12.1 Å². The second kappa shape index (κ2) is 8.01. The summed E-state index contributed by atoms with van der Waals surface area (Å²) in [4.78, 5) is 0. The van der Waals surface area contributed by atoms with Crippen molar-refractivity contribution >= 4 is 15.9 Å². The first-order valence-corrected chi connectivity index (χ1v) is 7.92. The second-order valence-electron chi connectivity index (χ2n) is 5.60. The van der Waals surface area contributed by atoms with Crippen LogP contribution in [0, 0.1) is 17.7 Å². The molecule has 2 unspecified atom stereocenters. The van der Waals surface area contributed by atoms with Crippen LogP contribution in [0.4, 0.5) is 4.39 Å². The van der Waals surface area contributed by atoms with E-state index < -0.39 is 0 Å². The summed E-state index contributed by atoms with van der Waals surface area (Å²) >= 11 is 3.30. The number of halogens is 2. The third-order valence-corrected chi connectivity index (χ3v) is 4.29. The van der Waals surface area contributed by atoms with E-state index >= 15 is 0 Å². The first kappa shape index (κ1) is 16.6. The van der Waals surface area contributed by atoms with E-state index in [0.717, 1.165) is 29.4 Å². The van der Waals surface area contributed by atoms with E-state index in [2.05, 4.69) is 48.9 Å². The lowest BCUT2D eigenvalue weighted by molar-refractivity contribution is 0.295. The van der Waals surface area contributed by atoms with Crippen molar-refractivity contribution in [3.63, 3.8) is 0 Å². The summed E-state index contributed by atoms with van der Waals surface area (Å²) in [7, 11) is 0. The molecule has 1 aromatic carbocycles. The Bertz CT molecular complexity index is 392. The van der Waals surface area contributed by atoms with E-state index in [1.54, 1.807) is 6.07 Å². The average molecular weight is 330 g/mol. The molecule has 1 aromatic rings. The van der Waals surface area contributed by atoms with Gasteiger partial charge in [-0.1, -0.05) is 49.7 Å². The minimum Gasteiger partial charge on any atom is -0.313 e. The van der Waals surface area contributed by atoms with Crippen molar-refractivity contribution in [2.24, 2.45) is 11.8 Å². The number of hydrogen-bond donors (Lipinski definition) is 1. The summed E-state index contributed by atoms with van der Waals surface area (Å²) < 4.78 is 14.7. The van der Waals surface area contributed by atoms with Crippen LogP contribution in [0.3, 0.4) is 0 Å². The summed E-state index contributed by atoms with van der Waals surface area (Å²) in [6, 6.07) is 5.67. The molecule has 1 N–H and O–H groups in total. The van der Waals surface area contributed by atoms with Crippen molar-refractivity contribution < 1.29 is 4.39 Å². The van der Waals surface area contributed by atoms with Gasteiger partial charge in [-0.15, -0.1) is 0 Å². The standard InChI is InChI=1S/C16H25BrFN/c1-5-8-19-16(12(4)11(2)3)9-13-6-7-14(17)10-15(13)18/h6-7,10-12,16,19H,5,8-9H2,1-4H3. The van der Waals surface area contributed by atoms with Crippen molar-refractivity contribution in [3.8, 4) is 0 Å². The summed E-state index contributed by atoms with van der Waals surface area (Å²) in [6.07, 6.45) is 1.85. The Morgan fingerprint density at radius 1 is 1.26 bits per heavy atom.